The monoisotopic (exact) mass is 290 g/mol. The molecule has 0 radical (unpaired) electrons. The third-order valence-corrected chi connectivity index (χ3v) is 3.34. The Kier molecular flexibility index (Phi) is 4.62. The minimum absolute atomic E-state index is 0.173. The second-order valence-electron chi connectivity index (χ2n) is 5.09. The summed E-state index contributed by atoms with van der Waals surface area (Å²) in [5.41, 5.74) is 2.61. The number of amides is 2. The first kappa shape index (κ1) is 15.1. The maximum Gasteiger partial charge on any atom is 0.322 e. The first-order valence-corrected chi connectivity index (χ1v) is 7.07. The van der Waals surface area contributed by atoms with Gasteiger partial charge in [0.15, 0.2) is 0 Å². The zero-order chi connectivity index (χ0) is 15.4. The van der Waals surface area contributed by atoms with Crippen molar-refractivity contribution in [2.75, 3.05) is 12.4 Å². The molecule has 2 amide bonds. The van der Waals surface area contributed by atoms with Crippen LogP contribution in [0.25, 0.3) is 0 Å². The van der Waals surface area contributed by atoms with Crippen LogP contribution in [0.3, 0.4) is 0 Å². The molecule has 7 nitrogen and oxygen atoms in total. The average Bonchev–Trinajstić information content (AvgIpc) is 3.03. The van der Waals surface area contributed by atoms with Crippen molar-refractivity contribution in [1.82, 2.24) is 24.6 Å². The Balaban J connectivity index is 2.05. The fraction of sp³-hybridized carbons (Fsp3) is 0.500. The third-order valence-electron chi connectivity index (χ3n) is 3.34. The van der Waals surface area contributed by atoms with E-state index in [2.05, 4.69) is 27.3 Å². The van der Waals surface area contributed by atoms with Crippen molar-refractivity contribution in [3.63, 3.8) is 0 Å². The third kappa shape index (κ3) is 3.42. The lowest BCUT2D eigenvalue weighted by atomic mass is 10.3. The lowest BCUT2D eigenvalue weighted by Gasteiger charge is -2.17. The number of carbonyl (C=O) groups excluding carboxylic acids is 1. The standard InChI is InChI=1S/C14H22N6O/c1-5-8-20-11(3)13(10(2)18-20)17-14(21)19(4)9-12-15-6-7-16-12/h6-7H,5,8-9H2,1-4H3,(H,15,16)(H,17,21). The molecule has 0 aliphatic carbocycles. The summed E-state index contributed by atoms with van der Waals surface area (Å²) in [5, 5.41) is 7.38. The van der Waals surface area contributed by atoms with Gasteiger partial charge in [0.05, 0.1) is 23.6 Å². The number of hydrogen-bond acceptors (Lipinski definition) is 3. The Bertz CT molecular complexity index is 601. The fourth-order valence-electron chi connectivity index (χ4n) is 2.19. The van der Waals surface area contributed by atoms with Crippen molar-refractivity contribution in [3.8, 4) is 0 Å². The summed E-state index contributed by atoms with van der Waals surface area (Å²) >= 11 is 0. The van der Waals surface area contributed by atoms with Crippen molar-refractivity contribution in [1.29, 1.82) is 0 Å². The van der Waals surface area contributed by atoms with Gasteiger partial charge >= 0.3 is 6.03 Å². The van der Waals surface area contributed by atoms with Crippen LogP contribution in [-0.2, 0) is 13.1 Å². The molecule has 0 fully saturated rings. The summed E-state index contributed by atoms with van der Waals surface area (Å²) in [4.78, 5) is 20.9. The van der Waals surface area contributed by atoms with Crippen molar-refractivity contribution in [2.24, 2.45) is 0 Å². The maximum absolute atomic E-state index is 12.2. The Morgan fingerprint density at radius 2 is 2.24 bits per heavy atom. The molecular formula is C14H22N6O. The van der Waals surface area contributed by atoms with E-state index in [0.717, 1.165) is 35.9 Å². The van der Waals surface area contributed by atoms with Gasteiger partial charge in [-0.1, -0.05) is 6.92 Å². The molecule has 0 aliphatic heterocycles. The first-order valence-electron chi connectivity index (χ1n) is 7.07. The van der Waals surface area contributed by atoms with Gasteiger partial charge in [0.2, 0.25) is 0 Å². The van der Waals surface area contributed by atoms with Gasteiger partial charge in [-0.3, -0.25) is 4.68 Å². The molecule has 21 heavy (non-hydrogen) atoms. The average molecular weight is 290 g/mol. The Morgan fingerprint density at radius 1 is 1.48 bits per heavy atom. The molecule has 0 atom stereocenters. The van der Waals surface area contributed by atoms with Gasteiger partial charge in [0.25, 0.3) is 0 Å². The van der Waals surface area contributed by atoms with Gasteiger partial charge < -0.3 is 15.2 Å². The van der Waals surface area contributed by atoms with E-state index in [1.54, 1.807) is 24.3 Å². The van der Waals surface area contributed by atoms with Gasteiger partial charge in [0, 0.05) is 26.0 Å². The van der Waals surface area contributed by atoms with Crippen molar-refractivity contribution in [3.05, 3.63) is 29.6 Å². The van der Waals surface area contributed by atoms with Gasteiger partial charge in [-0.15, -0.1) is 0 Å². The van der Waals surface area contributed by atoms with E-state index in [1.807, 2.05) is 18.5 Å². The minimum Gasteiger partial charge on any atom is -0.347 e. The van der Waals surface area contributed by atoms with Gasteiger partial charge in [-0.05, 0) is 20.3 Å². The Hall–Kier alpha value is -2.31. The lowest BCUT2D eigenvalue weighted by Crippen LogP contribution is -2.31. The highest BCUT2D eigenvalue weighted by atomic mass is 16.2. The van der Waals surface area contributed by atoms with Crippen LogP contribution in [-0.4, -0.2) is 37.7 Å². The Morgan fingerprint density at radius 3 is 2.86 bits per heavy atom. The van der Waals surface area contributed by atoms with Gasteiger partial charge in [-0.2, -0.15) is 5.10 Å². The second-order valence-corrected chi connectivity index (χ2v) is 5.09. The second kappa shape index (κ2) is 6.43. The number of H-pyrrole nitrogens is 1. The summed E-state index contributed by atoms with van der Waals surface area (Å²) in [6, 6.07) is -0.173. The van der Waals surface area contributed by atoms with E-state index in [1.165, 1.54) is 0 Å². The van der Waals surface area contributed by atoms with E-state index >= 15 is 0 Å². The molecule has 7 heteroatoms. The van der Waals surface area contributed by atoms with Gasteiger partial charge in [0.1, 0.15) is 5.82 Å². The van der Waals surface area contributed by atoms with E-state index in [-0.39, 0.29) is 6.03 Å². The number of nitrogens with one attached hydrogen (secondary N) is 2. The summed E-state index contributed by atoms with van der Waals surface area (Å²) < 4.78 is 1.93. The molecule has 0 bridgehead atoms. The lowest BCUT2D eigenvalue weighted by molar-refractivity contribution is 0.219. The zero-order valence-corrected chi connectivity index (χ0v) is 13.0. The first-order chi connectivity index (χ1) is 10.0. The van der Waals surface area contributed by atoms with Crippen LogP contribution < -0.4 is 5.32 Å². The molecule has 2 rings (SSSR count). The largest absolute Gasteiger partial charge is 0.347 e. The van der Waals surface area contributed by atoms with Crippen LogP contribution in [0.5, 0.6) is 0 Å². The SMILES string of the molecule is CCCn1nc(C)c(NC(=O)N(C)Cc2ncc[nH]2)c1C. The molecule has 0 aromatic carbocycles. The minimum atomic E-state index is -0.173. The number of urea groups is 1. The van der Waals surface area contributed by atoms with Crippen LogP contribution in [0.15, 0.2) is 12.4 Å². The van der Waals surface area contributed by atoms with Crippen LogP contribution in [0, 0.1) is 13.8 Å². The molecule has 0 spiro atoms. The van der Waals surface area contributed by atoms with Crippen molar-refractivity contribution in [2.45, 2.75) is 40.3 Å². The quantitative estimate of drug-likeness (QED) is 0.886. The normalized spacial score (nSPS) is 10.7. The predicted molar refractivity (Wildman–Crippen MR) is 81.1 cm³/mol. The van der Waals surface area contributed by atoms with E-state index in [9.17, 15) is 4.79 Å². The smallest absolute Gasteiger partial charge is 0.322 e. The number of aromatic amines is 1. The number of aromatic nitrogens is 4. The van der Waals surface area contributed by atoms with Crippen LogP contribution in [0.2, 0.25) is 0 Å². The number of imidazole rings is 1. The van der Waals surface area contributed by atoms with Crippen molar-refractivity contribution >= 4 is 11.7 Å². The summed E-state index contributed by atoms with van der Waals surface area (Å²) in [6.07, 6.45) is 4.42. The number of carbonyl (C=O) groups is 1. The van der Waals surface area contributed by atoms with E-state index < -0.39 is 0 Å². The van der Waals surface area contributed by atoms with Crippen molar-refractivity contribution < 1.29 is 4.79 Å². The molecule has 2 N–H and O–H groups in total. The highest BCUT2D eigenvalue weighted by Gasteiger charge is 2.16. The summed E-state index contributed by atoms with van der Waals surface area (Å²) in [7, 11) is 1.74. The van der Waals surface area contributed by atoms with Crippen LogP contribution in [0.1, 0.15) is 30.6 Å². The molecule has 2 heterocycles. The molecular weight excluding hydrogens is 268 g/mol. The number of anilines is 1. The topological polar surface area (TPSA) is 78.8 Å². The van der Waals surface area contributed by atoms with Gasteiger partial charge in [-0.25, -0.2) is 9.78 Å². The molecule has 2 aromatic heterocycles. The number of hydrogen-bond donors (Lipinski definition) is 2. The summed E-state index contributed by atoms with van der Waals surface area (Å²) in [6.45, 7) is 7.26. The molecule has 0 unspecified atom stereocenters. The molecule has 114 valence electrons. The highest BCUT2D eigenvalue weighted by molar-refractivity contribution is 5.90. The van der Waals surface area contributed by atoms with E-state index in [4.69, 9.17) is 0 Å². The zero-order valence-electron chi connectivity index (χ0n) is 13.0. The number of nitrogens with zero attached hydrogens (tertiary/aromatic N) is 4. The van der Waals surface area contributed by atoms with Crippen LogP contribution in [0.4, 0.5) is 10.5 Å². The van der Waals surface area contributed by atoms with E-state index in [0.29, 0.717) is 6.54 Å². The fourth-order valence-corrected chi connectivity index (χ4v) is 2.19. The molecule has 0 aliphatic rings. The molecule has 0 saturated heterocycles. The summed E-state index contributed by atoms with van der Waals surface area (Å²) in [5.74, 6) is 0.753. The van der Waals surface area contributed by atoms with Crippen LogP contribution >= 0.6 is 0 Å². The predicted octanol–water partition coefficient (Wildman–Crippen LogP) is 2.30. The number of rotatable bonds is 5. The number of aryl methyl sites for hydroxylation is 2. The maximum atomic E-state index is 12.2. The highest BCUT2D eigenvalue weighted by Crippen LogP contribution is 2.20. The molecule has 2 aromatic rings. The molecule has 0 saturated carbocycles. The Labute approximate surface area is 124 Å².